The van der Waals surface area contributed by atoms with Crippen LogP contribution < -0.4 is 10.5 Å². The number of aliphatic imine (C=N–C) groups is 1. The lowest BCUT2D eigenvalue weighted by Gasteiger charge is -2.27. The van der Waals surface area contributed by atoms with E-state index in [2.05, 4.69) is 28.9 Å². The van der Waals surface area contributed by atoms with Crippen molar-refractivity contribution in [2.45, 2.75) is 32.7 Å². The minimum absolute atomic E-state index is 0.540. The number of ether oxygens (including phenoxy) is 2. The highest BCUT2D eigenvalue weighted by molar-refractivity contribution is 5.78. The maximum Gasteiger partial charge on any atom is 0.191 e. The standard InChI is InChI=1S/C17H27N3O2/c1-14-6-7-15(16(12-14)22-11-10-21-2)13-19-17(18)20-8-4-3-5-9-20/h6-7,12H,3-5,8-11,13H2,1-2H3,(H2,18,19). The van der Waals surface area contributed by atoms with E-state index in [9.17, 15) is 0 Å². The van der Waals surface area contributed by atoms with E-state index in [1.807, 2.05) is 6.07 Å². The summed E-state index contributed by atoms with van der Waals surface area (Å²) < 4.78 is 10.8. The molecule has 1 aliphatic heterocycles. The fourth-order valence-electron chi connectivity index (χ4n) is 2.55. The molecule has 1 saturated heterocycles. The number of aryl methyl sites for hydroxylation is 1. The van der Waals surface area contributed by atoms with Gasteiger partial charge in [-0.1, -0.05) is 12.1 Å². The van der Waals surface area contributed by atoms with Crippen LogP contribution in [-0.4, -0.2) is 44.3 Å². The van der Waals surface area contributed by atoms with E-state index in [4.69, 9.17) is 15.2 Å². The predicted molar refractivity (Wildman–Crippen MR) is 89.3 cm³/mol. The molecular formula is C17H27N3O2. The van der Waals surface area contributed by atoms with Crippen molar-refractivity contribution in [2.75, 3.05) is 33.4 Å². The van der Waals surface area contributed by atoms with E-state index in [1.54, 1.807) is 7.11 Å². The van der Waals surface area contributed by atoms with Crippen molar-refractivity contribution in [1.29, 1.82) is 0 Å². The first kappa shape index (κ1) is 16.6. The summed E-state index contributed by atoms with van der Waals surface area (Å²) in [5, 5.41) is 0. The van der Waals surface area contributed by atoms with Crippen LogP contribution in [0.5, 0.6) is 5.75 Å². The summed E-state index contributed by atoms with van der Waals surface area (Å²) in [4.78, 5) is 6.72. The topological polar surface area (TPSA) is 60.1 Å². The van der Waals surface area contributed by atoms with Crippen LogP contribution in [0, 0.1) is 6.92 Å². The van der Waals surface area contributed by atoms with Crippen molar-refractivity contribution in [3.05, 3.63) is 29.3 Å². The van der Waals surface area contributed by atoms with Crippen LogP contribution in [0.1, 0.15) is 30.4 Å². The third-order valence-corrected chi connectivity index (χ3v) is 3.86. The normalized spacial score (nSPS) is 15.9. The highest BCUT2D eigenvalue weighted by atomic mass is 16.5. The number of hydrogen-bond donors (Lipinski definition) is 1. The van der Waals surface area contributed by atoms with Gasteiger partial charge in [-0.25, -0.2) is 4.99 Å². The molecule has 22 heavy (non-hydrogen) atoms. The minimum atomic E-state index is 0.540. The van der Waals surface area contributed by atoms with Crippen molar-refractivity contribution in [1.82, 2.24) is 4.90 Å². The van der Waals surface area contributed by atoms with Crippen LogP contribution in [0.3, 0.4) is 0 Å². The molecule has 1 heterocycles. The second-order valence-electron chi connectivity index (χ2n) is 5.67. The molecule has 1 aromatic carbocycles. The number of nitrogens with two attached hydrogens (primary N) is 1. The Morgan fingerprint density at radius 1 is 1.23 bits per heavy atom. The van der Waals surface area contributed by atoms with Crippen LogP contribution in [-0.2, 0) is 11.3 Å². The van der Waals surface area contributed by atoms with E-state index < -0.39 is 0 Å². The third kappa shape index (κ3) is 4.91. The number of piperidine rings is 1. The molecule has 1 fully saturated rings. The third-order valence-electron chi connectivity index (χ3n) is 3.86. The molecule has 0 amide bonds. The Labute approximate surface area is 133 Å². The van der Waals surface area contributed by atoms with Gasteiger partial charge in [0.25, 0.3) is 0 Å². The quantitative estimate of drug-likeness (QED) is 0.498. The van der Waals surface area contributed by atoms with Gasteiger partial charge in [0.2, 0.25) is 0 Å². The summed E-state index contributed by atoms with van der Waals surface area (Å²) >= 11 is 0. The number of guanidine groups is 1. The summed E-state index contributed by atoms with van der Waals surface area (Å²) in [5.74, 6) is 1.51. The summed E-state index contributed by atoms with van der Waals surface area (Å²) in [7, 11) is 1.67. The van der Waals surface area contributed by atoms with Gasteiger partial charge in [-0.2, -0.15) is 0 Å². The number of methoxy groups -OCH3 is 1. The SMILES string of the molecule is COCCOc1cc(C)ccc1CN=C(N)N1CCCCC1. The monoisotopic (exact) mass is 305 g/mol. The number of likely N-dealkylation sites (tertiary alicyclic amines) is 1. The maximum atomic E-state index is 6.11. The van der Waals surface area contributed by atoms with Crippen molar-refractivity contribution in [3.63, 3.8) is 0 Å². The Kier molecular flexibility index (Phi) is 6.52. The Morgan fingerprint density at radius 2 is 2.00 bits per heavy atom. The zero-order valence-corrected chi connectivity index (χ0v) is 13.7. The van der Waals surface area contributed by atoms with Crippen LogP contribution in [0.15, 0.2) is 23.2 Å². The van der Waals surface area contributed by atoms with E-state index in [0.717, 1.165) is 24.4 Å². The molecule has 5 nitrogen and oxygen atoms in total. The first-order chi connectivity index (χ1) is 10.7. The van der Waals surface area contributed by atoms with Gasteiger partial charge in [0.05, 0.1) is 13.2 Å². The molecule has 5 heteroatoms. The molecule has 0 aromatic heterocycles. The van der Waals surface area contributed by atoms with E-state index in [-0.39, 0.29) is 0 Å². The van der Waals surface area contributed by atoms with Gasteiger partial charge in [0, 0.05) is 25.8 Å². The lowest BCUT2D eigenvalue weighted by molar-refractivity contribution is 0.145. The maximum absolute atomic E-state index is 6.11. The van der Waals surface area contributed by atoms with Gasteiger partial charge in [-0.15, -0.1) is 0 Å². The molecule has 0 aliphatic carbocycles. The molecule has 1 aliphatic rings. The number of hydrogen-bond acceptors (Lipinski definition) is 3. The molecule has 0 bridgehead atoms. The van der Waals surface area contributed by atoms with Crippen molar-refractivity contribution < 1.29 is 9.47 Å². The molecular weight excluding hydrogens is 278 g/mol. The van der Waals surface area contributed by atoms with Crippen LogP contribution in [0.2, 0.25) is 0 Å². The lowest BCUT2D eigenvalue weighted by Crippen LogP contribution is -2.40. The Hall–Kier alpha value is -1.75. The zero-order valence-electron chi connectivity index (χ0n) is 13.7. The number of rotatable bonds is 6. The van der Waals surface area contributed by atoms with E-state index in [0.29, 0.717) is 25.7 Å². The van der Waals surface area contributed by atoms with Crippen molar-refractivity contribution in [2.24, 2.45) is 10.7 Å². The predicted octanol–water partition coefficient (Wildman–Crippen LogP) is 2.32. The first-order valence-electron chi connectivity index (χ1n) is 7.97. The molecule has 2 rings (SSSR count). The average molecular weight is 305 g/mol. The van der Waals surface area contributed by atoms with Gasteiger partial charge in [-0.05, 0) is 37.8 Å². The summed E-state index contributed by atoms with van der Waals surface area (Å²) in [6, 6.07) is 6.17. The first-order valence-corrected chi connectivity index (χ1v) is 7.97. The Balaban J connectivity index is 2.01. The smallest absolute Gasteiger partial charge is 0.191 e. The molecule has 0 saturated carbocycles. The van der Waals surface area contributed by atoms with Gasteiger partial charge in [0.1, 0.15) is 12.4 Å². The van der Waals surface area contributed by atoms with Gasteiger partial charge in [0.15, 0.2) is 5.96 Å². The summed E-state index contributed by atoms with van der Waals surface area (Å²) in [6.07, 6.45) is 3.69. The van der Waals surface area contributed by atoms with Crippen LogP contribution >= 0.6 is 0 Å². The van der Waals surface area contributed by atoms with Crippen LogP contribution in [0.4, 0.5) is 0 Å². The average Bonchev–Trinajstić information content (AvgIpc) is 2.55. The molecule has 0 atom stereocenters. The molecule has 0 radical (unpaired) electrons. The molecule has 0 unspecified atom stereocenters. The molecule has 122 valence electrons. The van der Waals surface area contributed by atoms with Gasteiger partial charge < -0.3 is 20.1 Å². The zero-order chi connectivity index (χ0) is 15.8. The number of benzene rings is 1. The highest BCUT2D eigenvalue weighted by Crippen LogP contribution is 2.21. The summed E-state index contributed by atoms with van der Waals surface area (Å²) in [6.45, 7) is 5.74. The van der Waals surface area contributed by atoms with Gasteiger partial charge in [-0.3, -0.25) is 0 Å². The van der Waals surface area contributed by atoms with Crippen molar-refractivity contribution >= 4 is 5.96 Å². The molecule has 1 aromatic rings. The summed E-state index contributed by atoms with van der Waals surface area (Å²) in [5.41, 5.74) is 8.34. The second-order valence-corrected chi connectivity index (χ2v) is 5.67. The van der Waals surface area contributed by atoms with E-state index in [1.165, 1.54) is 24.8 Å². The Bertz CT molecular complexity index is 497. The lowest BCUT2D eigenvalue weighted by atomic mass is 10.1. The van der Waals surface area contributed by atoms with Crippen LogP contribution in [0.25, 0.3) is 0 Å². The molecule has 0 spiro atoms. The largest absolute Gasteiger partial charge is 0.491 e. The Morgan fingerprint density at radius 3 is 2.73 bits per heavy atom. The highest BCUT2D eigenvalue weighted by Gasteiger charge is 2.12. The fraction of sp³-hybridized carbons (Fsp3) is 0.588. The minimum Gasteiger partial charge on any atom is -0.491 e. The molecule has 2 N–H and O–H groups in total. The number of nitrogens with zero attached hydrogens (tertiary/aromatic N) is 2. The fourth-order valence-corrected chi connectivity index (χ4v) is 2.55. The van der Waals surface area contributed by atoms with Crippen molar-refractivity contribution in [3.8, 4) is 5.75 Å². The second kappa shape index (κ2) is 8.63. The van der Waals surface area contributed by atoms with E-state index >= 15 is 0 Å². The van der Waals surface area contributed by atoms with Gasteiger partial charge >= 0.3 is 0 Å².